The minimum Gasteiger partial charge on any atom is -0.352 e. The molecule has 1 saturated carbocycles. The monoisotopic (exact) mass is 231 g/mol. The van der Waals surface area contributed by atoms with Crippen LogP contribution in [0.3, 0.4) is 0 Å². The molecule has 1 atom stereocenters. The Labute approximate surface area is 97.8 Å². The standard InChI is InChI=1S/C12H22ClNO/c1-2-3-9-11(13)12(15)14-10-7-5-4-6-8-10/h10-11H,2-9H2,1H3,(H,14,15). The highest BCUT2D eigenvalue weighted by Gasteiger charge is 2.20. The Morgan fingerprint density at radius 2 is 2.07 bits per heavy atom. The van der Waals surface area contributed by atoms with Gasteiger partial charge in [-0.3, -0.25) is 4.79 Å². The van der Waals surface area contributed by atoms with E-state index in [2.05, 4.69) is 12.2 Å². The summed E-state index contributed by atoms with van der Waals surface area (Å²) >= 11 is 6.02. The third-order valence-electron chi connectivity index (χ3n) is 3.05. The van der Waals surface area contributed by atoms with Crippen LogP contribution in [0.25, 0.3) is 0 Å². The molecule has 0 saturated heterocycles. The number of alkyl halides is 1. The van der Waals surface area contributed by atoms with Crippen LogP contribution >= 0.6 is 11.6 Å². The van der Waals surface area contributed by atoms with Gasteiger partial charge in [-0.05, 0) is 19.3 Å². The molecule has 0 aromatic carbocycles. The number of hydrogen-bond donors (Lipinski definition) is 1. The van der Waals surface area contributed by atoms with E-state index in [9.17, 15) is 4.79 Å². The zero-order valence-corrected chi connectivity index (χ0v) is 10.4. The molecule has 0 aliphatic heterocycles. The third-order valence-corrected chi connectivity index (χ3v) is 3.46. The summed E-state index contributed by atoms with van der Waals surface area (Å²) in [5.41, 5.74) is 0. The van der Waals surface area contributed by atoms with E-state index in [4.69, 9.17) is 11.6 Å². The van der Waals surface area contributed by atoms with E-state index < -0.39 is 0 Å². The molecule has 15 heavy (non-hydrogen) atoms. The molecule has 1 amide bonds. The molecular formula is C12H22ClNO. The summed E-state index contributed by atoms with van der Waals surface area (Å²) in [6.07, 6.45) is 8.99. The van der Waals surface area contributed by atoms with Crippen LogP contribution in [0.15, 0.2) is 0 Å². The number of rotatable bonds is 5. The van der Waals surface area contributed by atoms with Gasteiger partial charge >= 0.3 is 0 Å². The molecule has 0 radical (unpaired) electrons. The van der Waals surface area contributed by atoms with E-state index in [1.807, 2.05) is 0 Å². The van der Waals surface area contributed by atoms with E-state index in [0.717, 1.165) is 32.1 Å². The molecule has 88 valence electrons. The van der Waals surface area contributed by atoms with Crippen LogP contribution in [0.4, 0.5) is 0 Å². The Kier molecular flexibility index (Phi) is 6.07. The zero-order valence-electron chi connectivity index (χ0n) is 9.60. The van der Waals surface area contributed by atoms with Crippen LogP contribution in [0.2, 0.25) is 0 Å². The van der Waals surface area contributed by atoms with Gasteiger partial charge in [0.2, 0.25) is 5.91 Å². The molecule has 1 N–H and O–H groups in total. The summed E-state index contributed by atoms with van der Waals surface area (Å²) in [5.74, 6) is 0.0389. The molecular weight excluding hydrogens is 210 g/mol. The Bertz CT molecular complexity index is 190. The second-order valence-electron chi connectivity index (χ2n) is 4.45. The summed E-state index contributed by atoms with van der Waals surface area (Å²) in [6, 6.07) is 0.383. The normalized spacial score (nSPS) is 19.9. The van der Waals surface area contributed by atoms with E-state index in [0.29, 0.717) is 6.04 Å². The van der Waals surface area contributed by atoms with Gasteiger partial charge in [0.15, 0.2) is 0 Å². The van der Waals surface area contributed by atoms with Crippen LogP contribution < -0.4 is 5.32 Å². The first kappa shape index (κ1) is 12.8. The van der Waals surface area contributed by atoms with Gasteiger partial charge in [0, 0.05) is 6.04 Å². The van der Waals surface area contributed by atoms with Crippen molar-refractivity contribution < 1.29 is 4.79 Å². The van der Waals surface area contributed by atoms with Crippen molar-refractivity contribution in [3.63, 3.8) is 0 Å². The largest absolute Gasteiger partial charge is 0.352 e. The smallest absolute Gasteiger partial charge is 0.238 e. The van der Waals surface area contributed by atoms with Crippen molar-refractivity contribution in [1.82, 2.24) is 5.32 Å². The van der Waals surface area contributed by atoms with Crippen molar-refractivity contribution in [2.45, 2.75) is 69.7 Å². The lowest BCUT2D eigenvalue weighted by Gasteiger charge is -2.23. The molecule has 0 heterocycles. The van der Waals surface area contributed by atoms with Gasteiger partial charge in [0.1, 0.15) is 5.38 Å². The minimum atomic E-state index is -0.327. The molecule has 1 unspecified atom stereocenters. The number of carbonyl (C=O) groups excluding carboxylic acids is 1. The van der Waals surface area contributed by atoms with E-state index >= 15 is 0 Å². The molecule has 2 nitrogen and oxygen atoms in total. The van der Waals surface area contributed by atoms with Crippen molar-refractivity contribution in [3.8, 4) is 0 Å². The number of nitrogens with one attached hydrogen (secondary N) is 1. The van der Waals surface area contributed by atoms with Crippen LogP contribution in [0.5, 0.6) is 0 Å². The Hall–Kier alpha value is -0.240. The maximum absolute atomic E-state index is 11.7. The Balaban J connectivity index is 2.20. The molecule has 1 aliphatic rings. The Morgan fingerprint density at radius 3 is 2.67 bits per heavy atom. The van der Waals surface area contributed by atoms with E-state index in [-0.39, 0.29) is 11.3 Å². The maximum Gasteiger partial charge on any atom is 0.238 e. The van der Waals surface area contributed by atoms with Gasteiger partial charge in [-0.2, -0.15) is 0 Å². The maximum atomic E-state index is 11.7. The van der Waals surface area contributed by atoms with Crippen molar-refractivity contribution >= 4 is 17.5 Å². The van der Waals surface area contributed by atoms with Crippen LogP contribution in [0, 0.1) is 0 Å². The fourth-order valence-electron chi connectivity index (χ4n) is 2.05. The minimum absolute atomic E-state index is 0.0389. The topological polar surface area (TPSA) is 29.1 Å². The van der Waals surface area contributed by atoms with Crippen LogP contribution in [-0.2, 0) is 4.79 Å². The average molecular weight is 232 g/mol. The second-order valence-corrected chi connectivity index (χ2v) is 4.98. The SMILES string of the molecule is CCCCC(Cl)C(=O)NC1CCCCC1. The summed E-state index contributed by atoms with van der Waals surface area (Å²) in [4.78, 5) is 11.7. The fourth-order valence-corrected chi connectivity index (χ4v) is 2.27. The van der Waals surface area contributed by atoms with Crippen molar-refractivity contribution in [2.24, 2.45) is 0 Å². The molecule has 1 fully saturated rings. The first-order valence-electron chi connectivity index (χ1n) is 6.18. The second kappa shape index (κ2) is 7.10. The number of unbranched alkanes of at least 4 members (excludes halogenated alkanes) is 1. The summed E-state index contributed by atoms with van der Waals surface area (Å²) < 4.78 is 0. The van der Waals surface area contributed by atoms with Gasteiger partial charge in [0.25, 0.3) is 0 Å². The van der Waals surface area contributed by atoms with Crippen LogP contribution in [0.1, 0.15) is 58.3 Å². The van der Waals surface area contributed by atoms with Gasteiger partial charge in [0.05, 0.1) is 0 Å². The number of halogens is 1. The lowest BCUT2D eigenvalue weighted by atomic mass is 9.95. The molecule has 0 spiro atoms. The lowest BCUT2D eigenvalue weighted by Crippen LogP contribution is -2.40. The van der Waals surface area contributed by atoms with Crippen molar-refractivity contribution in [1.29, 1.82) is 0 Å². The molecule has 0 aromatic heterocycles. The van der Waals surface area contributed by atoms with Gasteiger partial charge < -0.3 is 5.32 Å². The molecule has 1 aliphatic carbocycles. The zero-order chi connectivity index (χ0) is 11.1. The molecule has 1 rings (SSSR count). The van der Waals surface area contributed by atoms with Crippen molar-refractivity contribution in [3.05, 3.63) is 0 Å². The van der Waals surface area contributed by atoms with Gasteiger partial charge in [-0.25, -0.2) is 0 Å². The van der Waals surface area contributed by atoms with E-state index in [1.165, 1.54) is 19.3 Å². The van der Waals surface area contributed by atoms with Crippen LogP contribution in [-0.4, -0.2) is 17.3 Å². The van der Waals surface area contributed by atoms with E-state index in [1.54, 1.807) is 0 Å². The first-order chi connectivity index (χ1) is 7.24. The predicted octanol–water partition coefficient (Wildman–Crippen LogP) is 3.23. The fraction of sp³-hybridized carbons (Fsp3) is 0.917. The Morgan fingerprint density at radius 1 is 1.40 bits per heavy atom. The molecule has 3 heteroatoms. The number of carbonyl (C=O) groups is 1. The quantitative estimate of drug-likeness (QED) is 0.724. The van der Waals surface area contributed by atoms with Crippen molar-refractivity contribution in [2.75, 3.05) is 0 Å². The lowest BCUT2D eigenvalue weighted by molar-refractivity contribution is -0.121. The third kappa shape index (κ3) is 4.87. The van der Waals surface area contributed by atoms with Gasteiger partial charge in [-0.15, -0.1) is 11.6 Å². The highest BCUT2D eigenvalue weighted by Crippen LogP contribution is 2.18. The average Bonchev–Trinajstić information content (AvgIpc) is 2.27. The molecule has 0 bridgehead atoms. The number of amides is 1. The highest BCUT2D eigenvalue weighted by molar-refractivity contribution is 6.30. The highest BCUT2D eigenvalue weighted by atomic mass is 35.5. The number of hydrogen-bond acceptors (Lipinski definition) is 1. The summed E-state index contributed by atoms with van der Waals surface area (Å²) in [6.45, 7) is 2.11. The summed E-state index contributed by atoms with van der Waals surface area (Å²) in [7, 11) is 0. The first-order valence-corrected chi connectivity index (χ1v) is 6.62. The molecule has 0 aromatic rings. The van der Waals surface area contributed by atoms with Gasteiger partial charge in [-0.1, -0.05) is 39.0 Å². The predicted molar refractivity (Wildman–Crippen MR) is 64.2 cm³/mol. The summed E-state index contributed by atoms with van der Waals surface area (Å²) in [5, 5.41) is 2.73.